The number of fused-ring (bicyclic) bond motifs is 3. The number of halogens is 3. The molecule has 4 rings (SSSR count). The number of aromatic nitrogens is 4. The first-order chi connectivity index (χ1) is 16.9. The normalized spacial score (nSPS) is 19.4. The maximum atomic E-state index is 13.0. The van der Waals surface area contributed by atoms with Gasteiger partial charge in [0.25, 0.3) is 5.56 Å². The maximum absolute atomic E-state index is 13.0. The van der Waals surface area contributed by atoms with Gasteiger partial charge in [-0.1, -0.05) is 19.6 Å². The average molecular weight is 526 g/mol. The standard InChI is InChI=1S/C24H34F3N5O3Si/c1-36(2,3)11-10-35-15-31-9-8-18-20-19(13-29-21(18)31)22(33)30-23(34)32(20)17-6-4-16(5-7-17)12-28-14-24(25,26)27/h8-9,13,16-17,28H,4-7,10-12,14-15H2,1-3H3,(H,30,33,34). The molecule has 0 aromatic carbocycles. The van der Waals surface area contributed by atoms with E-state index in [9.17, 15) is 22.8 Å². The molecule has 1 aliphatic carbocycles. The molecule has 1 aliphatic rings. The summed E-state index contributed by atoms with van der Waals surface area (Å²) in [6, 6.07) is 2.75. The quantitative estimate of drug-likeness (QED) is 0.322. The van der Waals surface area contributed by atoms with Crippen molar-refractivity contribution in [2.75, 3.05) is 19.7 Å². The van der Waals surface area contributed by atoms with E-state index in [0.717, 1.165) is 6.04 Å². The molecule has 0 bridgehead atoms. The topological polar surface area (TPSA) is 93.9 Å². The minimum absolute atomic E-state index is 0.115. The number of ether oxygens (including phenoxy) is 1. The minimum atomic E-state index is -4.23. The summed E-state index contributed by atoms with van der Waals surface area (Å²) in [6.07, 6.45) is 1.80. The molecule has 1 fully saturated rings. The molecule has 0 saturated heterocycles. The molecule has 2 N–H and O–H groups in total. The Labute approximate surface area is 207 Å². The monoisotopic (exact) mass is 525 g/mol. The van der Waals surface area contributed by atoms with Crippen molar-refractivity contribution in [2.45, 2.75) is 70.3 Å². The molecule has 0 amide bonds. The number of nitrogens with zero attached hydrogens (tertiary/aromatic N) is 3. The van der Waals surface area contributed by atoms with Crippen LogP contribution in [0, 0.1) is 5.92 Å². The van der Waals surface area contributed by atoms with E-state index in [1.54, 1.807) is 4.57 Å². The zero-order valence-electron chi connectivity index (χ0n) is 21.0. The van der Waals surface area contributed by atoms with Crippen molar-refractivity contribution in [2.24, 2.45) is 5.92 Å². The second-order valence-corrected chi connectivity index (χ2v) is 16.6. The van der Waals surface area contributed by atoms with Crippen molar-refractivity contribution in [3.63, 3.8) is 0 Å². The van der Waals surface area contributed by atoms with E-state index in [1.165, 1.54) is 6.20 Å². The Balaban J connectivity index is 1.57. The number of alkyl halides is 3. The highest BCUT2D eigenvalue weighted by atomic mass is 28.3. The number of hydrogen-bond acceptors (Lipinski definition) is 5. The second kappa shape index (κ2) is 10.5. The fourth-order valence-electron chi connectivity index (χ4n) is 4.90. The summed E-state index contributed by atoms with van der Waals surface area (Å²) in [4.78, 5) is 32.5. The van der Waals surface area contributed by atoms with E-state index < -0.39 is 32.0 Å². The van der Waals surface area contributed by atoms with Crippen LogP contribution in [0.4, 0.5) is 13.2 Å². The molecule has 1 saturated carbocycles. The fraction of sp³-hybridized carbons (Fsp3) is 0.625. The molecule has 0 spiro atoms. The third-order valence-electron chi connectivity index (χ3n) is 6.85. The molecular formula is C24H34F3N5O3Si. The van der Waals surface area contributed by atoms with E-state index in [1.807, 2.05) is 16.8 Å². The molecule has 0 radical (unpaired) electrons. The van der Waals surface area contributed by atoms with Gasteiger partial charge in [-0.3, -0.25) is 14.3 Å². The number of rotatable bonds is 9. The summed E-state index contributed by atoms with van der Waals surface area (Å²) in [5.74, 6) is 0.115. The van der Waals surface area contributed by atoms with Crippen LogP contribution in [0.1, 0.15) is 31.7 Å². The van der Waals surface area contributed by atoms with Crippen molar-refractivity contribution >= 4 is 30.0 Å². The van der Waals surface area contributed by atoms with Crippen molar-refractivity contribution < 1.29 is 17.9 Å². The van der Waals surface area contributed by atoms with Gasteiger partial charge in [-0.25, -0.2) is 9.78 Å². The zero-order chi connectivity index (χ0) is 26.1. The molecular weight excluding hydrogens is 491 g/mol. The highest BCUT2D eigenvalue weighted by molar-refractivity contribution is 6.76. The van der Waals surface area contributed by atoms with Crippen LogP contribution in [-0.2, 0) is 11.5 Å². The molecule has 0 unspecified atom stereocenters. The van der Waals surface area contributed by atoms with Crippen LogP contribution in [0.3, 0.4) is 0 Å². The Morgan fingerprint density at radius 2 is 1.89 bits per heavy atom. The first kappa shape index (κ1) is 26.6. The van der Waals surface area contributed by atoms with Crippen LogP contribution >= 0.6 is 0 Å². The number of aromatic amines is 1. The maximum Gasteiger partial charge on any atom is 0.401 e. The summed E-state index contributed by atoms with van der Waals surface area (Å²) in [5.41, 5.74) is 0.232. The van der Waals surface area contributed by atoms with Gasteiger partial charge in [-0.05, 0) is 50.3 Å². The van der Waals surface area contributed by atoms with Crippen molar-refractivity contribution in [3.8, 4) is 0 Å². The lowest BCUT2D eigenvalue weighted by atomic mass is 9.85. The predicted molar refractivity (Wildman–Crippen MR) is 136 cm³/mol. The van der Waals surface area contributed by atoms with Crippen LogP contribution in [0.2, 0.25) is 25.7 Å². The lowest BCUT2D eigenvalue weighted by Gasteiger charge is -2.30. The Kier molecular flexibility index (Phi) is 7.77. The summed E-state index contributed by atoms with van der Waals surface area (Å²) in [5, 5.41) is 3.54. The van der Waals surface area contributed by atoms with Crippen LogP contribution in [0.15, 0.2) is 28.0 Å². The highest BCUT2D eigenvalue weighted by Gasteiger charge is 2.29. The molecule has 36 heavy (non-hydrogen) atoms. The van der Waals surface area contributed by atoms with Crippen LogP contribution in [0.25, 0.3) is 21.9 Å². The Hall–Kier alpha value is -2.44. The Bertz CT molecular complexity index is 1320. The van der Waals surface area contributed by atoms with Gasteiger partial charge in [0, 0.05) is 38.5 Å². The molecule has 3 aromatic rings. The summed E-state index contributed by atoms with van der Waals surface area (Å²) in [6.45, 7) is 7.16. The van der Waals surface area contributed by atoms with E-state index in [0.29, 0.717) is 67.5 Å². The van der Waals surface area contributed by atoms with Gasteiger partial charge in [0.15, 0.2) is 0 Å². The van der Waals surface area contributed by atoms with Crippen molar-refractivity contribution in [1.29, 1.82) is 0 Å². The molecule has 3 aromatic heterocycles. The lowest BCUT2D eigenvalue weighted by Crippen LogP contribution is -2.37. The van der Waals surface area contributed by atoms with Gasteiger partial charge < -0.3 is 14.6 Å². The molecule has 198 valence electrons. The average Bonchev–Trinajstić information content (AvgIpc) is 3.19. The first-order valence-corrected chi connectivity index (χ1v) is 16.1. The van der Waals surface area contributed by atoms with E-state index in [4.69, 9.17) is 4.74 Å². The van der Waals surface area contributed by atoms with E-state index in [2.05, 4.69) is 34.9 Å². The van der Waals surface area contributed by atoms with Crippen LogP contribution in [0.5, 0.6) is 0 Å². The van der Waals surface area contributed by atoms with Gasteiger partial charge in [0.2, 0.25) is 0 Å². The Morgan fingerprint density at radius 1 is 1.17 bits per heavy atom. The number of pyridine rings is 1. The number of nitrogens with one attached hydrogen (secondary N) is 2. The Morgan fingerprint density at radius 3 is 2.56 bits per heavy atom. The summed E-state index contributed by atoms with van der Waals surface area (Å²) < 4.78 is 46.7. The molecule has 12 heteroatoms. The fourth-order valence-corrected chi connectivity index (χ4v) is 5.65. The van der Waals surface area contributed by atoms with Crippen LogP contribution in [-0.4, -0.2) is 53.0 Å². The third-order valence-corrected chi connectivity index (χ3v) is 8.56. The lowest BCUT2D eigenvalue weighted by molar-refractivity contribution is -0.125. The van der Waals surface area contributed by atoms with E-state index >= 15 is 0 Å². The summed E-state index contributed by atoms with van der Waals surface area (Å²) >= 11 is 0. The SMILES string of the molecule is C[Si](C)(C)CCOCn1ccc2c1ncc1c(=O)[nH]c(=O)n(C3CCC(CNCC(F)(F)F)CC3)c12. The van der Waals surface area contributed by atoms with Gasteiger partial charge in [-0.2, -0.15) is 13.2 Å². The largest absolute Gasteiger partial charge is 0.401 e. The predicted octanol–water partition coefficient (Wildman–Crippen LogP) is 4.24. The molecule has 0 aliphatic heterocycles. The van der Waals surface area contributed by atoms with Gasteiger partial charge >= 0.3 is 11.9 Å². The number of H-pyrrole nitrogens is 1. The molecule has 0 atom stereocenters. The molecule has 8 nitrogen and oxygen atoms in total. The van der Waals surface area contributed by atoms with Gasteiger partial charge in [0.1, 0.15) is 12.4 Å². The third kappa shape index (κ3) is 6.27. The van der Waals surface area contributed by atoms with Gasteiger partial charge in [-0.15, -0.1) is 0 Å². The number of hydrogen-bond donors (Lipinski definition) is 2. The van der Waals surface area contributed by atoms with Crippen molar-refractivity contribution in [3.05, 3.63) is 39.3 Å². The van der Waals surface area contributed by atoms with Gasteiger partial charge in [0.05, 0.1) is 17.4 Å². The highest BCUT2D eigenvalue weighted by Crippen LogP contribution is 2.34. The first-order valence-electron chi connectivity index (χ1n) is 12.4. The molecule has 3 heterocycles. The van der Waals surface area contributed by atoms with Crippen LogP contribution < -0.4 is 16.6 Å². The van der Waals surface area contributed by atoms with E-state index in [-0.39, 0.29) is 12.0 Å². The summed E-state index contributed by atoms with van der Waals surface area (Å²) in [7, 11) is -1.21. The minimum Gasteiger partial charge on any atom is -0.361 e. The second-order valence-electron chi connectivity index (χ2n) is 10.9. The zero-order valence-corrected chi connectivity index (χ0v) is 22.0. The smallest absolute Gasteiger partial charge is 0.361 e. The van der Waals surface area contributed by atoms with Crippen molar-refractivity contribution in [1.82, 2.24) is 24.4 Å².